The van der Waals surface area contributed by atoms with E-state index in [1.54, 1.807) is 13.0 Å². The molecule has 96 valence electrons. The Morgan fingerprint density at radius 3 is 2.72 bits per heavy atom. The van der Waals surface area contributed by atoms with Gasteiger partial charge < -0.3 is 0 Å². The molecule has 0 saturated heterocycles. The first-order chi connectivity index (χ1) is 8.56. The molecule has 0 aliphatic carbocycles. The predicted molar refractivity (Wildman–Crippen MR) is 68.6 cm³/mol. The lowest BCUT2D eigenvalue weighted by atomic mass is 10.2. The van der Waals surface area contributed by atoms with Gasteiger partial charge in [-0.3, -0.25) is 14.9 Å². The Hall–Kier alpha value is -2.24. The van der Waals surface area contributed by atoms with Crippen LogP contribution in [-0.4, -0.2) is 16.5 Å². The van der Waals surface area contributed by atoms with Crippen molar-refractivity contribution in [3.63, 3.8) is 0 Å². The summed E-state index contributed by atoms with van der Waals surface area (Å²) in [6.45, 7) is 3.80. The molecule has 0 aliphatic heterocycles. The molecule has 0 fully saturated rings. The largest absolute Gasteiger partial charge is 0.282 e. The molecule has 0 spiro atoms. The number of hydrogen-bond acceptors (Lipinski definition) is 4. The lowest BCUT2D eigenvalue weighted by molar-refractivity contribution is -0.385. The van der Waals surface area contributed by atoms with Gasteiger partial charge >= 0.3 is 0 Å². The van der Waals surface area contributed by atoms with E-state index in [2.05, 4.69) is 10.5 Å². The van der Waals surface area contributed by atoms with Crippen LogP contribution in [0.1, 0.15) is 37.0 Å². The summed E-state index contributed by atoms with van der Waals surface area (Å²) in [7, 11) is 0. The molecule has 0 radical (unpaired) electrons. The van der Waals surface area contributed by atoms with E-state index in [0.29, 0.717) is 0 Å². The number of nitro benzene ring substituents is 1. The third kappa shape index (κ3) is 3.65. The maximum atomic E-state index is 11.8. The van der Waals surface area contributed by atoms with Crippen LogP contribution in [-0.2, 0) is 0 Å². The SMILES string of the molecule is CCCC(C)=NNC(=O)c1ccccc1[N+](=O)[O-]. The first kappa shape index (κ1) is 13.8. The summed E-state index contributed by atoms with van der Waals surface area (Å²) in [6.07, 6.45) is 1.70. The zero-order valence-corrected chi connectivity index (χ0v) is 10.3. The maximum Gasteiger partial charge on any atom is 0.282 e. The fraction of sp³-hybridized carbons (Fsp3) is 0.333. The summed E-state index contributed by atoms with van der Waals surface area (Å²) in [5.74, 6) is -0.572. The molecule has 0 heterocycles. The molecule has 1 amide bonds. The Labute approximate surface area is 105 Å². The van der Waals surface area contributed by atoms with Crippen molar-refractivity contribution in [3.05, 3.63) is 39.9 Å². The van der Waals surface area contributed by atoms with Crippen molar-refractivity contribution in [1.82, 2.24) is 5.43 Å². The smallest absolute Gasteiger partial charge is 0.267 e. The van der Waals surface area contributed by atoms with Crippen molar-refractivity contribution in [2.24, 2.45) is 5.10 Å². The highest BCUT2D eigenvalue weighted by Gasteiger charge is 2.18. The molecule has 0 unspecified atom stereocenters. The third-order valence-electron chi connectivity index (χ3n) is 2.31. The Morgan fingerprint density at radius 1 is 1.44 bits per heavy atom. The highest BCUT2D eigenvalue weighted by atomic mass is 16.6. The molecule has 1 aromatic carbocycles. The standard InChI is InChI=1S/C12H15N3O3/c1-3-6-9(2)13-14-12(16)10-7-4-5-8-11(10)15(17)18/h4-5,7-8H,3,6H2,1-2H3,(H,14,16). The van der Waals surface area contributed by atoms with E-state index < -0.39 is 10.8 Å². The van der Waals surface area contributed by atoms with Crippen LogP contribution in [0, 0.1) is 10.1 Å². The number of hydrazone groups is 1. The van der Waals surface area contributed by atoms with Crippen molar-refractivity contribution in [1.29, 1.82) is 0 Å². The topological polar surface area (TPSA) is 84.6 Å². The van der Waals surface area contributed by atoms with E-state index in [1.165, 1.54) is 18.2 Å². The molecule has 0 atom stereocenters. The average molecular weight is 249 g/mol. The second-order valence-corrected chi connectivity index (χ2v) is 3.81. The van der Waals surface area contributed by atoms with Crippen LogP contribution in [0.4, 0.5) is 5.69 Å². The van der Waals surface area contributed by atoms with E-state index in [4.69, 9.17) is 0 Å². The van der Waals surface area contributed by atoms with Crippen LogP contribution in [0.15, 0.2) is 29.4 Å². The monoisotopic (exact) mass is 249 g/mol. The minimum absolute atomic E-state index is 0.00977. The predicted octanol–water partition coefficient (Wildman–Crippen LogP) is 2.50. The average Bonchev–Trinajstić information content (AvgIpc) is 2.36. The van der Waals surface area contributed by atoms with Crippen molar-refractivity contribution in [2.75, 3.05) is 0 Å². The van der Waals surface area contributed by atoms with Gasteiger partial charge in [0.2, 0.25) is 0 Å². The van der Waals surface area contributed by atoms with E-state index in [1.807, 2.05) is 6.92 Å². The molecule has 6 nitrogen and oxygen atoms in total. The zero-order valence-electron chi connectivity index (χ0n) is 10.3. The third-order valence-corrected chi connectivity index (χ3v) is 2.31. The van der Waals surface area contributed by atoms with Gasteiger partial charge in [-0.2, -0.15) is 5.10 Å². The Kier molecular flexibility index (Phi) is 4.98. The van der Waals surface area contributed by atoms with Crippen molar-refractivity contribution in [2.45, 2.75) is 26.7 Å². The number of hydrogen-bond donors (Lipinski definition) is 1. The molecule has 18 heavy (non-hydrogen) atoms. The van der Waals surface area contributed by atoms with Crippen LogP contribution >= 0.6 is 0 Å². The van der Waals surface area contributed by atoms with Gasteiger partial charge in [-0.05, 0) is 19.4 Å². The normalized spacial score (nSPS) is 11.1. The lowest BCUT2D eigenvalue weighted by Gasteiger charge is -2.02. The van der Waals surface area contributed by atoms with Gasteiger partial charge in [-0.15, -0.1) is 0 Å². The highest BCUT2D eigenvalue weighted by Crippen LogP contribution is 2.17. The first-order valence-electron chi connectivity index (χ1n) is 5.63. The molecule has 0 aliphatic rings. The molecular weight excluding hydrogens is 234 g/mol. The van der Waals surface area contributed by atoms with Gasteiger partial charge in [0.25, 0.3) is 11.6 Å². The highest BCUT2D eigenvalue weighted by molar-refractivity contribution is 5.98. The maximum absolute atomic E-state index is 11.8. The van der Waals surface area contributed by atoms with Gasteiger partial charge in [0.15, 0.2) is 0 Å². The number of nitrogens with zero attached hydrogens (tertiary/aromatic N) is 2. The van der Waals surface area contributed by atoms with Crippen molar-refractivity contribution in [3.8, 4) is 0 Å². The van der Waals surface area contributed by atoms with Crippen LogP contribution in [0.3, 0.4) is 0 Å². The van der Waals surface area contributed by atoms with Gasteiger partial charge in [-0.1, -0.05) is 25.5 Å². The number of nitrogens with one attached hydrogen (secondary N) is 1. The molecule has 1 rings (SSSR count). The summed E-state index contributed by atoms with van der Waals surface area (Å²) in [4.78, 5) is 21.9. The van der Waals surface area contributed by atoms with Crippen LogP contribution in [0.25, 0.3) is 0 Å². The zero-order chi connectivity index (χ0) is 13.5. The fourth-order valence-corrected chi connectivity index (χ4v) is 1.45. The Bertz CT molecular complexity index is 483. The second kappa shape index (κ2) is 6.48. The van der Waals surface area contributed by atoms with Gasteiger partial charge in [0.05, 0.1) is 4.92 Å². The molecular formula is C12H15N3O3. The van der Waals surface area contributed by atoms with Crippen molar-refractivity contribution < 1.29 is 9.72 Å². The van der Waals surface area contributed by atoms with Crippen LogP contribution in [0.2, 0.25) is 0 Å². The minimum Gasteiger partial charge on any atom is -0.267 e. The first-order valence-corrected chi connectivity index (χ1v) is 5.63. The summed E-state index contributed by atoms with van der Waals surface area (Å²) in [5, 5.41) is 14.6. The molecule has 0 saturated carbocycles. The molecule has 1 aromatic rings. The molecule has 0 aromatic heterocycles. The van der Waals surface area contributed by atoms with E-state index in [9.17, 15) is 14.9 Å². The van der Waals surface area contributed by atoms with E-state index in [-0.39, 0.29) is 11.3 Å². The Balaban J connectivity index is 2.85. The minimum atomic E-state index is -0.586. The van der Waals surface area contributed by atoms with Gasteiger partial charge in [0.1, 0.15) is 5.56 Å². The van der Waals surface area contributed by atoms with Crippen LogP contribution < -0.4 is 5.43 Å². The molecule has 6 heteroatoms. The number of rotatable bonds is 5. The summed E-state index contributed by atoms with van der Waals surface area (Å²) < 4.78 is 0. The fourth-order valence-electron chi connectivity index (χ4n) is 1.45. The number of para-hydroxylation sites is 1. The number of amides is 1. The van der Waals surface area contributed by atoms with Gasteiger partial charge in [0, 0.05) is 11.8 Å². The van der Waals surface area contributed by atoms with E-state index in [0.717, 1.165) is 18.6 Å². The summed E-state index contributed by atoms with van der Waals surface area (Å²) >= 11 is 0. The van der Waals surface area contributed by atoms with Crippen molar-refractivity contribution >= 4 is 17.3 Å². The molecule has 1 N–H and O–H groups in total. The number of carbonyl (C=O) groups is 1. The number of nitro groups is 1. The number of carbonyl (C=O) groups excluding carboxylic acids is 1. The van der Waals surface area contributed by atoms with Gasteiger partial charge in [-0.25, -0.2) is 5.43 Å². The number of benzene rings is 1. The summed E-state index contributed by atoms with van der Waals surface area (Å²) in [5.41, 5.74) is 2.89. The Morgan fingerprint density at radius 2 is 2.11 bits per heavy atom. The van der Waals surface area contributed by atoms with Crippen LogP contribution in [0.5, 0.6) is 0 Å². The quantitative estimate of drug-likeness (QED) is 0.494. The molecule has 0 bridgehead atoms. The lowest BCUT2D eigenvalue weighted by Crippen LogP contribution is -2.20. The van der Waals surface area contributed by atoms with E-state index >= 15 is 0 Å². The second-order valence-electron chi connectivity index (χ2n) is 3.81. The summed E-state index contributed by atoms with van der Waals surface area (Å²) in [6, 6.07) is 5.78.